The average Bonchev–Trinajstić information content (AvgIpc) is 2.90. The fraction of sp³-hybridized carbons (Fsp3) is 0.143. The van der Waals surface area contributed by atoms with E-state index in [9.17, 15) is 4.79 Å². The van der Waals surface area contributed by atoms with E-state index in [0.29, 0.717) is 5.03 Å². The van der Waals surface area contributed by atoms with E-state index < -0.39 is 5.97 Å². The Bertz CT molecular complexity index is 585. The molecule has 1 N–H and O–H groups in total. The zero-order valence-electron chi connectivity index (χ0n) is 10.3. The molecule has 1 aliphatic heterocycles. The molecule has 1 aromatic carbocycles. The number of nitriles is 1. The number of esters is 1. The Balaban J connectivity index is 2.20. The maximum atomic E-state index is 11.6. The summed E-state index contributed by atoms with van der Waals surface area (Å²) in [5, 5.41) is 14.5. The summed E-state index contributed by atoms with van der Waals surface area (Å²) in [6.45, 7) is 1.96. The van der Waals surface area contributed by atoms with E-state index >= 15 is 0 Å². The molecule has 0 spiro atoms. The third kappa shape index (κ3) is 2.98. The third-order valence-electron chi connectivity index (χ3n) is 2.45. The second-order valence-electron chi connectivity index (χ2n) is 3.68. The van der Waals surface area contributed by atoms with Gasteiger partial charge >= 0.3 is 5.97 Å². The maximum absolute atomic E-state index is 11.6. The fourth-order valence-electron chi connectivity index (χ4n) is 1.57. The van der Waals surface area contributed by atoms with Crippen molar-refractivity contribution in [3.63, 3.8) is 0 Å². The molecule has 0 saturated heterocycles. The third-order valence-corrected chi connectivity index (χ3v) is 3.34. The number of hydrogen-bond acceptors (Lipinski definition) is 5. The van der Waals surface area contributed by atoms with Crippen LogP contribution in [0.2, 0.25) is 0 Å². The van der Waals surface area contributed by atoms with Crippen molar-refractivity contribution >= 4 is 23.4 Å². The molecule has 0 unspecified atom stereocenters. The second-order valence-corrected chi connectivity index (χ2v) is 4.56. The number of ether oxygens (including phenoxy) is 1. The molecule has 2 rings (SSSR count). The van der Waals surface area contributed by atoms with E-state index in [1.165, 1.54) is 11.8 Å². The molecular formula is C14H12N2O2S. The Morgan fingerprint density at radius 1 is 1.42 bits per heavy atom. The highest BCUT2D eigenvalue weighted by molar-refractivity contribution is 8.06. The van der Waals surface area contributed by atoms with Crippen molar-refractivity contribution in [3.05, 3.63) is 51.9 Å². The predicted molar refractivity (Wildman–Crippen MR) is 74.4 cm³/mol. The maximum Gasteiger partial charge on any atom is 0.351 e. The molecule has 0 amide bonds. The van der Waals surface area contributed by atoms with E-state index in [-0.39, 0.29) is 12.2 Å². The first kappa shape index (κ1) is 13.2. The van der Waals surface area contributed by atoms with Gasteiger partial charge in [0.2, 0.25) is 0 Å². The fourth-order valence-corrected chi connectivity index (χ4v) is 2.42. The first-order chi connectivity index (χ1) is 9.26. The van der Waals surface area contributed by atoms with Gasteiger partial charge in [-0.3, -0.25) is 0 Å². The molecule has 4 nitrogen and oxygen atoms in total. The van der Waals surface area contributed by atoms with Crippen LogP contribution in [0, 0.1) is 11.3 Å². The van der Waals surface area contributed by atoms with Crippen molar-refractivity contribution in [2.24, 2.45) is 0 Å². The highest BCUT2D eigenvalue weighted by atomic mass is 32.2. The molecule has 0 aromatic heterocycles. The van der Waals surface area contributed by atoms with Crippen LogP contribution in [0.1, 0.15) is 12.5 Å². The van der Waals surface area contributed by atoms with Gasteiger partial charge in [-0.05, 0) is 12.5 Å². The summed E-state index contributed by atoms with van der Waals surface area (Å²) >= 11 is 1.32. The van der Waals surface area contributed by atoms with Crippen LogP contribution in [-0.2, 0) is 9.53 Å². The molecule has 5 heteroatoms. The summed E-state index contributed by atoms with van der Waals surface area (Å²) in [4.78, 5) is 11.6. The van der Waals surface area contributed by atoms with Gasteiger partial charge in [0.1, 0.15) is 11.1 Å². The second kappa shape index (κ2) is 6.12. The SMILES string of the molecule is CCOC(=O)C(C#N)=C1NC(c2ccccc2)=CS1. The standard InChI is InChI=1S/C14H12N2O2S/c1-2-18-14(17)11(8-15)13-16-12(9-19-13)10-6-4-3-5-7-10/h3-7,9,16H,2H2,1H3. The Kier molecular flexibility index (Phi) is 4.26. The molecule has 96 valence electrons. The highest BCUT2D eigenvalue weighted by Gasteiger charge is 2.21. The van der Waals surface area contributed by atoms with Crippen molar-refractivity contribution in [1.82, 2.24) is 5.32 Å². The number of benzene rings is 1. The highest BCUT2D eigenvalue weighted by Crippen LogP contribution is 2.32. The molecular weight excluding hydrogens is 260 g/mol. The van der Waals surface area contributed by atoms with Gasteiger partial charge in [0.15, 0.2) is 5.57 Å². The molecule has 1 aliphatic rings. The van der Waals surface area contributed by atoms with Crippen LogP contribution in [0.4, 0.5) is 0 Å². The minimum atomic E-state index is -0.595. The normalized spacial score (nSPS) is 16.1. The number of nitrogens with zero attached hydrogens (tertiary/aromatic N) is 1. The number of thioether (sulfide) groups is 1. The summed E-state index contributed by atoms with van der Waals surface area (Å²) in [6.07, 6.45) is 0. The van der Waals surface area contributed by atoms with Crippen molar-refractivity contribution < 1.29 is 9.53 Å². The Labute approximate surface area is 115 Å². The molecule has 0 saturated carbocycles. The molecule has 0 bridgehead atoms. The van der Waals surface area contributed by atoms with Crippen LogP contribution < -0.4 is 5.32 Å². The number of nitrogens with one attached hydrogen (secondary N) is 1. The topological polar surface area (TPSA) is 62.1 Å². The first-order valence-corrected chi connectivity index (χ1v) is 6.65. The first-order valence-electron chi connectivity index (χ1n) is 5.77. The van der Waals surface area contributed by atoms with Crippen LogP contribution in [0.15, 0.2) is 46.3 Å². The van der Waals surface area contributed by atoms with Gasteiger partial charge in [-0.25, -0.2) is 4.79 Å². The van der Waals surface area contributed by atoms with Crippen LogP contribution in [0.3, 0.4) is 0 Å². The number of carbonyl (C=O) groups excluding carboxylic acids is 1. The monoisotopic (exact) mass is 272 g/mol. The molecule has 1 aromatic rings. The van der Waals surface area contributed by atoms with Gasteiger partial charge in [0.05, 0.1) is 12.3 Å². The average molecular weight is 272 g/mol. The lowest BCUT2D eigenvalue weighted by Gasteiger charge is -2.06. The van der Waals surface area contributed by atoms with E-state index in [2.05, 4.69) is 5.32 Å². The van der Waals surface area contributed by atoms with E-state index in [1.54, 1.807) is 6.92 Å². The van der Waals surface area contributed by atoms with Gasteiger partial charge < -0.3 is 10.1 Å². The smallest absolute Gasteiger partial charge is 0.351 e. The molecule has 0 fully saturated rings. The number of hydrogen-bond donors (Lipinski definition) is 1. The lowest BCUT2D eigenvalue weighted by molar-refractivity contribution is -0.138. The number of rotatable bonds is 3. The zero-order valence-corrected chi connectivity index (χ0v) is 11.2. The predicted octanol–water partition coefficient (Wildman–Crippen LogP) is 2.62. The lowest BCUT2D eigenvalue weighted by atomic mass is 10.2. The summed E-state index contributed by atoms with van der Waals surface area (Å²) in [7, 11) is 0. The minimum Gasteiger partial charge on any atom is -0.462 e. The summed E-state index contributed by atoms with van der Waals surface area (Å²) in [5.74, 6) is -0.595. The Hall–Kier alpha value is -2.19. The summed E-state index contributed by atoms with van der Waals surface area (Å²) in [6, 6.07) is 11.6. The van der Waals surface area contributed by atoms with Crippen LogP contribution >= 0.6 is 11.8 Å². The molecule has 1 heterocycles. The van der Waals surface area contributed by atoms with Crippen LogP contribution in [0.25, 0.3) is 5.70 Å². The Morgan fingerprint density at radius 2 is 2.16 bits per heavy atom. The Morgan fingerprint density at radius 3 is 2.79 bits per heavy atom. The molecule has 0 atom stereocenters. The number of carbonyl (C=O) groups is 1. The van der Waals surface area contributed by atoms with Gasteiger partial charge in [-0.2, -0.15) is 5.26 Å². The zero-order chi connectivity index (χ0) is 13.7. The van der Waals surface area contributed by atoms with Gasteiger partial charge in [0, 0.05) is 5.41 Å². The van der Waals surface area contributed by atoms with Crippen LogP contribution in [-0.4, -0.2) is 12.6 Å². The van der Waals surface area contributed by atoms with E-state index in [0.717, 1.165) is 11.3 Å². The molecule has 0 radical (unpaired) electrons. The summed E-state index contributed by atoms with van der Waals surface area (Å²) in [5.41, 5.74) is 1.89. The largest absolute Gasteiger partial charge is 0.462 e. The lowest BCUT2D eigenvalue weighted by Crippen LogP contribution is -2.13. The minimum absolute atomic E-state index is 0.00836. The van der Waals surface area contributed by atoms with Crippen molar-refractivity contribution in [2.45, 2.75) is 6.92 Å². The van der Waals surface area contributed by atoms with Gasteiger partial charge in [-0.1, -0.05) is 42.1 Å². The van der Waals surface area contributed by atoms with Gasteiger partial charge in [-0.15, -0.1) is 0 Å². The molecule has 19 heavy (non-hydrogen) atoms. The van der Waals surface area contributed by atoms with Crippen LogP contribution in [0.5, 0.6) is 0 Å². The van der Waals surface area contributed by atoms with E-state index in [4.69, 9.17) is 10.00 Å². The van der Waals surface area contributed by atoms with E-state index in [1.807, 2.05) is 41.8 Å². The molecule has 0 aliphatic carbocycles. The van der Waals surface area contributed by atoms with Crippen molar-refractivity contribution in [3.8, 4) is 6.07 Å². The summed E-state index contributed by atoms with van der Waals surface area (Å²) < 4.78 is 4.85. The quantitative estimate of drug-likeness (QED) is 0.520. The van der Waals surface area contributed by atoms with Crippen molar-refractivity contribution in [1.29, 1.82) is 5.26 Å². The van der Waals surface area contributed by atoms with Gasteiger partial charge in [0.25, 0.3) is 0 Å². The van der Waals surface area contributed by atoms with Crippen molar-refractivity contribution in [2.75, 3.05) is 6.61 Å².